The molecule has 2 heterocycles. The van der Waals surface area contributed by atoms with Gasteiger partial charge in [-0.3, -0.25) is 0 Å². The van der Waals surface area contributed by atoms with Crippen LogP contribution in [-0.4, -0.2) is 18.5 Å². The Kier molecular flexibility index (Phi) is 1.92. The molecule has 0 N–H and O–H groups in total. The van der Waals surface area contributed by atoms with Crippen LogP contribution in [0.5, 0.6) is 0 Å². The summed E-state index contributed by atoms with van der Waals surface area (Å²) in [6, 6.07) is 0. The van der Waals surface area contributed by atoms with Crippen LogP contribution in [0.2, 0.25) is 0 Å². The van der Waals surface area contributed by atoms with Crippen molar-refractivity contribution in [2.45, 2.75) is 45.5 Å². The standard InChI is InChI=1S/C10H18O2/c1-4-10-8(3)5-7(2)9(12-10)6-11-10/h7-9H,4-6H2,1-3H3/t7-,8-,9-,10-/m0/s1. The first kappa shape index (κ1) is 8.52. The van der Waals surface area contributed by atoms with Gasteiger partial charge in [-0.1, -0.05) is 20.8 Å². The molecule has 2 fully saturated rings. The van der Waals surface area contributed by atoms with E-state index in [1.165, 1.54) is 6.42 Å². The van der Waals surface area contributed by atoms with Crippen LogP contribution in [0.3, 0.4) is 0 Å². The van der Waals surface area contributed by atoms with Gasteiger partial charge in [0, 0.05) is 5.92 Å². The molecule has 0 aromatic heterocycles. The van der Waals surface area contributed by atoms with Crippen LogP contribution < -0.4 is 0 Å². The van der Waals surface area contributed by atoms with E-state index in [1.54, 1.807) is 0 Å². The minimum absolute atomic E-state index is 0.225. The average Bonchev–Trinajstić information content (AvgIpc) is 2.44. The summed E-state index contributed by atoms with van der Waals surface area (Å²) in [6.45, 7) is 7.45. The lowest BCUT2D eigenvalue weighted by atomic mass is 9.84. The van der Waals surface area contributed by atoms with Gasteiger partial charge in [0.05, 0.1) is 12.7 Å². The summed E-state index contributed by atoms with van der Waals surface area (Å²) >= 11 is 0. The second-order valence-corrected chi connectivity index (χ2v) is 4.25. The summed E-state index contributed by atoms with van der Waals surface area (Å²) in [5.41, 5.74) is 0. The molecule has 70 valence electrons. The van der Waals surface area contributed by atoms with Gasteiger partial charge < -0.3 is 9.47 Å². The van der Waals surface area contributed by atoms with E-state index < -0.39 is 0 Å². The molecule has 0 aliphatic carbocycles. The molecule has 12 heavy (non-hydrogen) atoms. The Hall–Kier alpha value is -0.0800. The van der Waals surface area contributed by atoms with Gasteiger partial charge in [-0.05, 0) is 18.8 Å². The highest BCUT2D eigenvalue weighted by molar-refractivity contribution is 4.91. The molecule has 4 atom stereocenters. The Morgan fingerprint density at radius 1 is 1.42 bits per heavy atom. The lowest BCUT2D eigenvalue weighted by Gasteiger charge is -2.39. The second-order valence-electron chi connectivity index (χ2n) is 4.25. The van der Waals surface area contributed by atoms with E-state index in [9.17, 15) is 0 Å². The lowest BCUT2D eigenvalue weighted by Crippen LogP contribution is -2.43. The van der Waals surface area contributed by atoms with Gasteiger partial charge in [-0.25, -0.2) is 0 Å². The second kappa shape index (κ2) is 2.71. The van der Waals surface area contributed by atoms with E-state index in [0.717, 1.165) is 13.0 Å². The molecule has 2 aliphatic heterocycles. The van der Waals surface area contributed by atoms with Crippen molar-refractivity contribution in [2.24, 2.45) is 11.8 Å². The summed E-state index contributed by atoms with van der Waals surface area (Å²) in [5, 5.41) is 0. The maximum atomic E-state index is 5.94. The van der Waals surface area contributed by atoms with Gasteiger partial charge in [0.25, 0.3) is 0 Å². The Bertz CT molecular complexity index is 181. The molecule has 0 amide bonds. The summed E-state index contributed by atoms with van der Waals surface area (Å²) < 4.78 is 11.7. The van der Waals surface area contributed by atoms with Crippen molar-refractivity contribution in [3.05, 3.63) is 0 Å². The molecule has 0 saturated carbocycles. The fourth-order valence-corrected chi connectivity index (χ4v) is 2.51. The van der Waals surface area contributed by atoms with E-state index in [1.807, 2.05) is 0 Å². The molecule has 0 spiro atoms. The third-order valence-corrected chi connectivity index (χ3v) is 3.45. The molecule has 0 radical (unpaired) electrons. The normalized spacial score (nSPS) is 52.8. The van der Waals surface area contributed by atoms with Gasteiger partial charge in [0.2, 0.25) is 0 Å². The fraction of sp³-hybridized carbons (Fsp3) is 1.00. The van der Waals surface area contributed by atoms with Crippen molar-refractivity contribution in [1.82, 2.24) is 0 Å². The van der Waals surface area contributed by atoms with Gasteiger partial charge in [-0.15, -0.1) is 0 Å². The third-order valence-electron chi connectivity index (χ3n) is 3.45. The van der Waals surface area contributed by atoms with Gasteiger partial charge in [0.15, 0.2) is 5.79 Å². The van der Waals surface area contributed by atoms with Crippen LogP contribution in [0.15, 0.2) is 0 Å². The van der Waals surface area contributed by atoms with E-state index in [-0.39, 0.29) is 5.79 Å². The molecular formula is C10H18O2. The van der Waals surface area contributed by atoms with Crippen LogP contribution in [0, 0.1) is 11.8 Å². The highest BCUT2D eigenvalue weighted by Gasteiger charge is 2.50. The molecule has 2 heteroatoms. The van der Waals surface area contributed by atoms with E-state index in [2.05, 4.69) is 20.8 Å². The van der Waals surface area contributed by atoms with E-state index in [0.29, 0.717) is 17.9 Å². The van der Waals surface area contributed by atoms with Gasteiger partial charge in [0.1, 0.15) is 0 Å². The minimum atomic E-state index is -0.225. The quantitative estimate of drug-likeness (QED) is 0.600. The average molecular weight is 170 g/mol. The molecular weight excluding hydrogens is 152 g/mol. The maximum absolute atomic E-state index is 5.94. The van der Waals surface area contributed by atoms with Crippen LogP contribution in [0.25, 0.3) is 0 Å². The first-order valence-electron chi connectivity index (χ1n) is 4.99. The zero-order valence-electron chi connectivity index (χ0n) is 8.17. The van der Waals surface area contributed by atoms with Crippen molar-refractivity contribution in [3.8, 4) is 0 Å². The summed E-state index contributed by atoms with van der Waals surface area (Å²) in [7, 11) is 0. The predicted octanol–water partition coefficient (Wildman–Crippen LogP) is 2.18. The van der Waals surface area contributed by atoms with Crippen LogP contribution in [0.1, 0.15) is 33.6 Å². The maximum Gasteiger partial charge on any atom is 0.171 e. The molecule has 2 rings (SSSR count). The Morgan fingerprint density at radius 2 is 2.17 bits per heavy atom. The van der Waals surface area contributed by atoms with Crippen LogP contribution in [0.4, 0.5) is 0 Å². The number of fused-ring (bicyclic) bond motifs is 2. The van der Waals surface area contributed by atoms with Crippen LogP contribution >= 0.6 is 0 Å². The lowest BCUT2D eigenvalue weighted by molar-refractivity contribution is -0.229. The molecule has 0 aromatic rings. The number of ether oxygens (including phenoxy) is 2. The zero-order chi connectivity index (χ0) is 8.77. The Morgan fingerprint density at radius 3 is 2.83 bits per heavy atom. The molecule has 0 unspecified atom stereocenters. The Balaban J connectivity index is 2.18. The number of rotatable bonds is 1. The first-order chi connectivity index (χ1) is 5.68. The minimum Gasteiger partial charge on any atom is -0.347 e. The fourth-order valence-electron chi connectivity index (χ4n) is 2.51. The smallest absolute Gasteiger partial charge is 0.171 e. The number of hydrogen-bond donors (Lipinski definition) is 0. The van der Waals surface area contributed by atoms with E-state index >= 15 is 0 Å². The SMILES string of the molecule is CC[C@]12OC[C@H](O1)[C@@H](C)C[C@@H]2C. The molecule has 2 saturated heterocycles. The highest BCUT2D eigenvalue weighted by Crippen LogP contribution is 2.44. The van der Waals surface area contributed by atoms with Crippen LogP contribution in [-0.2, 0) is 9.47 Å². The molecule has 2 nitrogen and oxygen atoms in total. The largest absolute Gasteiger partial charge is 0.347 e. The molecule has 2 bridgehead atoms. The summed E-state index contributed by atoms with van der Waals surface area (Å²) in [6.07, 6.45) is 2.59. The van der Waals surface area contributed by atoms with Crippen molar-refractivity contribution < 1.29 is 9.47 Å². The third kappa shape index (κ3) is 1.01. The monoisotopic (exact) mass is 170 g/mol. The van der Waals surface area contributed by atoms with Gasteiger partial charge in [-0.2, -0.15) is 0 Å². The predicted molar refractivity (Wildman–Crippen MR) is 46.8 cm³/mol. The summed E-state index contributed by atoms with van der Waals surface area (Å²) in [4.78, 5) is 0. The topological polar surface area (TPSA) is 18.5 Å². The molecule has 0 aromatic carbocycles. The first-order valence-corrected chi connectivity index (χ1v) is 4.99. The van der Waals surface area contributed by atoms with Crippen molar-refractivity contribution in [3.63, 3.8) is 0 Å². The number of hydrogen-bond acceptors (Lipinski definition) is 2. The van der Waals surface area contributed by atoms with E-state index in [4.69, 9.17) is 9.47 Å². The van der Waals surface area contributed by atoms with Crippen molar-refractivity contribution in [1.29, 1.82) is 0 Å². The van der Waals surface area contributed by atoms with Crippen molar-refractivity contribution >= 4 is 0 Å². The summed E-state index contributed by atoms with van der Waals surface area (Å²) in [5.74, 6) is 0.996. The molecule has 2 aliphatic rings. The van der Waals surface area contributed by atoms with Gasteiger partial charge >= 0.3 is 0 Å². The zero-order valence-corrected chi connectivity index (χ0v) is 8.17. The van der Waals surface area contributed by atoms with Crippen molar-refractivity contribution in [2.75, 3.05) is 6.61 Å². The Labute approximate surface area is 74.2 Å². The highest BCUT2D eigenvalue weighted by atomic mass is 16.7.